The molecule has 0 radical (unpaired) electrons. The van der Waals surface area contributed by atoms with Gasteiger partial charge in [0.2, 0.25) is 0 Å². The molecule has 0 spiro atoms. The molecule has 0 bridgehead atoms. The van der Waals surface area contributed by atoms with Crippen LogP contribution in [0.4, 0.5) is 26.3 Å². The normalized spacial score (nSPS) is 14.5. The number of hydrogen-bond donors (Lipinski definition) is 0. The number of Topliss-reactive ketones (excluding diaryl/α,β-unsaturated/α-hetero) is 2. The van der Waals surface area contributed by atoms with Gasteiger partial charge in [-0.1, -0.05) is 31.4 Å². The summed E-state index contributed by atoms with van der Waals surface area (Å²) < 4.78 is 96.6. The van der Waals surface area contributed by atoms with E-state index in [0.717, 1.165) is 0 Å². The zero-order chi connectivity index (χ0) is 20.1. The van der Waals surface area contributed by atoms with E-state index in [2.05, 4.69) is 13.2 Å². The molecule has 0 aromatic heterocycles. The number of carbonyl (C=O) groups is 2. The predicted octanol–water partition coefficient (Wildman–Crippen LogP) is 3.36. The highest BCUT2D eigenvalue weighted by Gasteiger charge is 2.40. The number of allylic oxidation sites excluding steroid dienone is 6. The maximum Gasteiger partial charge on any atom is 0.454 e. The van der Waals surface area contributed by atoms with Crippen molar-refractivity contribution in [1.29, 1.82) is 0 Å². The summed E-state index contributed by atoms with van der Waals surface area (Å²) in [7, 11) is -4.57. The fourth-order valence-corrected chi connectivity index (χ4v) is 2.16. The molecule has 0 heterocycles. The van der Waals surface area contributed by atoms with E-state index < -0.39 is 44.9 Å². The number of alkyl halides is 6. The van der Waals surface area contributed by atoms with E-state index in [-0.39, 0.29) is 10.8 Å². The number of hydrogen-bond acceptors (Lipinski definition) is 4. The van der Waals surface area contributed by atoms with E-state index in [1.165, 1.54) is 0 Å². The van der Waals surface area contributed by atoms with Gasteiger partial charge in [-0.15, -0.1) is 0 Å². The second kappa shape index (κ2) is 8.10. The predicted molar refractivity (Wildman–Crippen MR) is 76.7 cm³/mol. The first kappa shape index (κ1) is 22.6. The molecule has 0 unspecified atom stereocenters. The summed E-state index contributed by atoms with van der Waals surface area (Å²) >= 11 is 0. The highest BCUT2D eigenvalue weighted by molar-refractivity contribution is 7.97. The van der Waals surface area contributed by atoms with Gasteiger partial charge in [0.05, 0.1) is 0 Å². The molecule has 138 valence electrons. The first-order chi connectivity index (χ1) is 11.2. The number of ketones is 2. The molecule has 0 N–H and O–H groups in total. The van der Waals surface area contributed by atoms with E-state index in [9.17, 15) is 44.3 Å². The molecule has 0 amide bonds. The van der Waals surface area contributed by atoms with Crippen LogP contribution in [0.5, 0.6) is 0 Å². The minimum atomic E-state index is -5.34. The van der Waals surface area contributed by atoms with Crippen LogP contribution in [0, 0.1) is 0 Å². The zero-order valence-corrected chi connectivity index (χ0v) is 13.0. The third-order valence-corrected chi connectivity index (χ3v) is 3.43. The standard InChI is InChI=1S/C14H10F6O4S/c1-3-9(11(21)13(15,16)17)6-5-7-25(23,24)8-10(4-2)12(22)14(18,19)20/h3-8H,1-2H2/b7-5+,9-6+,10-8+. The molecular formula is C14H10F6O4S. The lowest BCUT2D eigenvalue weighted by Crippen LogP contribution is -2.24. The topological polar surface area (TPSA) is 68.3 Å². The molecule has 0 aliphatic heterocycles. The van der Waals surface area contributed by atoms with Gasteiger partial charge < -0.3 is 0 Å². The number of rotatable bonds is 7. The lowest BCUT2D eigenvalue weighted by molar-refractivity contribution is -0.166. The van der Waals surface area contributed by atoms with Crippen molar-refractivity contribution in [2.45, 2.75) is 12.4 Å². The summed E-state index contributed by atoms with van der Waals surface area (Å²) in [4.78, 5) is 21.9. The molecule has 25 heavy (non-hydrogen) atoms. The van der Waals surface area contributed by atoms with Gasteiger partial charge in [-0.25, -0.2) is 8.42 Å². The van der Waals surface area contributed by atoms with E-state index in [4.69, 9.17) is 0 Å². The molecular weight excluding hydrogens is 378 g/mol. The lowest BCUT2D eigenvalue weighted by Gasteiger charge is -2.05. The summed E-state index contributed by atoms with van der Waals surface area (Å²) in [5.41, 5.74) is -2.27. The average molecular weight is 388 g/mol. The second-order valence-electron chi connectivity index (χ2n) is 4.17. The Labute approximate surface area is 138 Å². The fourth-order valence-electron chi connectivity index (χ4n) is 1.23. The van der Waals surface area contributed by atoms with Gasteiger partial charge in [0.1, 0.15) is 0 Å². The Bertz CT molecular complexity index is 764. The van der Waals surface area contributed by atoms with Crippen LogP contribution < -0.4 is 0 Å². The second-order valence-corrected chi connectivity index (χ2v) is 5.86. The Morgan fingerprint density at radius 3 is 1.56 bits per heavy atom. The van der Waals surface area contributed by atoms with Crippen LogP contribution in [0.2, 0.25) is 0 Å². The first-order valence-electron chi connectivity index (χ1n) is 5.98. The van der Waals surface area contributed by atoms with Crippen molar-refractivity contribution in [1.82, 2.24) is 0 Å². The van der Waals surface area contributed by atoms with Crippen LogP contribution in [0.25, 0.3) is 0 Å². The van der Waals surface area contributed by atoms with E-state index in [1.807, 2.05) is 0 Å². The quantitative estimate of drug-likeness (QED) is 0.381. The number of carbonyl (C=O) groups excluding carboxylic acids is 2. The van der Waals surface area contributed by atoms with Crippen molar-refractivity contribution < 1.29 is 44.3 Å². The Hall–Kier alpha value is -2.43. The van der Waals surface area contributed by atoms with Crippen LogP contribution in [0.3, 0.4) is 0 Å². The lowest BCUT2D eigenvalue weighted by atomic mass is 10.1. The highest BCUT2D eigenvalue weighted by atomic mass is 32.2. The van der Waals surface area contributed by atoms with Crippen LogP contribution >= 0.6 is 0 Å². The molecule has 0 rings (SSSR count). The minimum Gasteiger partial charge on any atom is -0.284 e. The van der Waals surface area contributed by atoms with Crippen LogP contribution in [-0.4, -0.2) is 32.3 Å². The summed E-state index contributed by atoms with van der Waals surface area (Å²) in [5, 5.41) is 0.145. The third-order valence-electron chi connectivity index (χ3n) is 2.31. The summed E-state index contributed by atoms with van der Waals surface area (Å²) in [6, 6.07) is 0. The van der Waals surface area contributed by atoms with Gasteiger partial charge in [-0.05, 0) is 6.08 Å². The molecule has 4 nitrogen and oxygen atoms in total. The summed E-state index contributed by atoms with van der Waals surface area (Å²) in [6.45, 7) is 5.83. The van der Waals surface area contributed by atoms with E-state index in [0.29, 0.717) is 24.3 Å². The maximum atomic E-state index is 12.3. The number of halogens is 6. The van der Waals surface area contributed by atoms with Crippen molar-refractivity contribution in [2.24, 2.45) is 0 Å². The third kappa shape index (κ3) is 7.33. The van der Waals surface area contributed by atoms with Gasteiger partial charge in [0.15, 0.2) is 9.84 Å². The maximum absolute atomic E-state index is 12.3. The van der Waals surface area contributed by atoms with Gasteiger partial charge in [-0.2, -0.15) is 26.3 Å². The Balaban J connectivity index is 5.67. The van der Waals surface area contributed by atoms with Crippen molar-refractivity contribution >= 4 is 21.4 Å². The summed E-state index contributed by atoms with van der Waals surface area (Å²) in [6.07, 6.45) is -8.75. The summed E-state index contributed by atoms with van der Waals surface area (Å²) in [5.74, 6) is -4.76. The largest absolute Gasteiger partial charge is 0.454 e. The van der Waals surface area contributed by atoms with Crippen molar-refractivity contribution in [2.75, 3.05) is 0 Å². The van der Waals surface area contributed by atoms with Gasteiger partial charge in [-0.3, -0.25) is 9.59 Å². The van der Waals surface area contributed by atoms with Crippen LogP contribution in [0.15, 0.2) is 59.4 Å². The minimum absolute atomic E-state index is 0.0562. The first-order valence-corrected chi connectivity index (χ1v) is 7.59. The molecule has 0 aliphatic carbocycles. The smallest absolute Gasteiger partial charge is 0.284 e. The fraction of sp³-hybridized carbons (Fsp3) is 0.143. The molecule has 0 saturated heterocycles. The molecule has 0 atom stereocenters. The molecule has 0 aliphatic rings. The van der Waals surface area contributed by atoms with Crippen molar-refractivity contribution in [3.05, 3.63) is 59.4 Å². The van der Waals surface area contributed by atoms with E-state index in [1.54, 1.807) is 0 Å². The van der Waals surface area contributed by atoms with Crippen molar-refractivity contribution in [3.8, 4) is 0 Å². The molecule has 0 fully saturated rings. The van der Waals surface area contributed by atoms with Gasteiger partial charge in [0.25, 0.3) is 11.6 Å². The Morgan fingerprint density at radius 2 is 1.20 bits per heavy atom. The Kier molecular flexibility index (Phi) is 7.31. The number of sulfone groups is 1. The van der Waals surface area contributed by atoms with E-state index >= 15 is 0 Å². The zero-order valence-electron chi connectivity index (χ0n) is 12.2. The van der Waals surface area contributed by atoms with Crippen molar-refractivity contribution in [3.63, 3.8) is 0 Å². The van der Waals surface area contributed by atoms with Gasteiger partial charge >= 0.3 is 12.4 Å². The highest BCUT2D eigenvalue weighted by Crippen LogP contribution is 2.23. The van der Waals surface area contributed by atoms with Crippen LogP contribution in [-0.2, 0) is 19.4 Å². The monoisotopic (exact) mass is 388 g/mol. The molecule has 11 heteroatoms. The SMILES string of the molecule is C=C/C(=C\C=C\S(=O)(=O)/C=C(\C=C)C(=O)C(F)(F)F)C(=O)C(F)(F)F. The molecule has 0 aromatic carbocycles. The Morgan fingerprint density at radius 1 is 0.800 bits per heavy atom. The van der Waals surface area contributed by atoms with Crippen LogP contribution in [0.1, 0.15) is 0 Å². The van der Waals surface area contributed by atoms with Gasteiger partial charge in [0, 0.05) is 22.0 Å². The molecule has 0 saturated carbocycles. The average Bonchev–Trinajstić information content (AvgIpc) is 2.46. The molecule has 0 aromatic rings.